The summed E-state index contributed by atoms with van der Waals surface area (Å²) in [6.07, 6.45) is 2.58. The van der Waals surface area contributed by atoms with Crippen LogP contribution in [0, 0.1) is 11.8 Å². The van der Waals surface area contributed by atoms with E-state index in [1.807, 2.05) is 31.2 Å². The van der Waals surface area contributed by atoms with Crippen LogP contribution in [0.1, 0.15) is 56.1 Å². The van der Waals surface area contributed by atoms with Gasteiger partial charge in [0.2, 0.25) is 5.91 Å². The number of carbonyl (C=O) groups excluding carboxylic acids is 2. The Labute approximate surface area is 199 Å². The van der Waals surface area contributed by atoms with Gasteiger partial charge < -0.3 is 20.5 Å². The summed E-state index contributed by atoms with van der Waals surface area (Å²) in [5.41, 5.74) is 4.71. The van der Waals surface area contributed by atoms with E-state index in [9.17, 15) is 19.5 Å². The van der Waals surface area contributed by atoms with Crippen molar-refractivity contribution >= 4 is 18.0 Å². The van der Waals surface area contributed by atoms with Crippen LogP contribution in [0.2, 0.25) is 0 Å². The molecule has 0 saturated heterocycles. The Hall–Kier alpha value is -3.35. The first-order chi connectivity index (χ1) is 16.4. The van der Waals surface area contributed by atoms with Crippen LogP contribution >= 0.6 is 0 Å². The molecule has 2 aliphatic rings. The number of rotatable bonds is 9. The molecule has 0 heterocycles. The van der Waals surface area contributed by atoms with Crippen LogP contribution in [0.15, 0.2) is 48.5 Å². The molecule has 2 amide bonds. The van der Waals surface area contributed by atoms with Gasteiger partial charge in [0.05, 0.1) is 5.92 Å². The number of carbonyl (C=O) groups is 3. The van der Waals surface area contributed by atoms with Crippen molar-refractivity contribution in [2.75, 3.05) is 13.2 Å². The van der Waals surface area contributed by atoms with Crippen molar-refractivity contribution < 1.29 is 24.2 Å². The molecular formula is C27H32N2O5. The predicted octanol–water partition coefficient (Wildman–Crippen LogP) is 4.31. The monoisotopic (exact) mass is 464 g/mol. The first-order valence-corrected chi connectivity index (χ1v) is 12.0. The van der Waals surface area contributed by atoms with E-state index < -0.39 is 18.0 Å². The van der Waals surface area contributed by atoms with E-state index in [0.29, 0.717) is 32.2 Å². The number of hydrogen-bond acceptors (Lipinski definition) is 4. The molecule has 2 aromatic carbocycles. The number of fused-ring (bicyclic) bond motifs is 3. The first kappa shape index (κ1) is 23.8. The number of alkyl carbamates (subject to hydrolysis) is 1. The maximum absolute atomic E-state index is 12.3. The molecular weight excluding hydrogens is 432 g/mol. The number of carboxylic acid groups (broad SMARTS) is 1. The lowest BCUT2D eigenvalue weighted by atomic mass is 9.98. The van der Waals surface area contributed by atoms with Gasteiger partial charge >= 0.3 is 12.1 Å². The lowest BCUT2D eigenvalue weighted by molar-refractivity contribution is -0.142. The van der Waals surface area contributed by atoms with E-state index in [1.54, 1.807) is 0 Å². The zero-order chi connectivity index (χ0) is 24.1. The molecule has 2 aliphatic carbocycles. The summed E-state index contributed by atoms with van der Waals surface area (Å²) < 4.78 is 5.55. The highest BCUT2D eigenvalue weighted by atomic mass is 16.5. The molecule has 0 radical (unpaired) electrons. The highest BCUT2D eigenvalue weighted by Gasteiger charge is 2.33. The second kappa shape index (κ2) is 10.7. The minimum Gasteiger partial charge on any atom is -0.481 e. The smallest absolute Gasteiger partial charge is 0.407 e. The third-order valence-electron chi connectivity index (χ3n) is 6.98. The third kappa shape index (κ3) is 5.41. The fourth-order valence-corrected chi connectivity index (χ4v) is 5.09. The number of carboxylic acids is 1. The molecule has 0 bridgehead atoms. The van der Waals surface area contributed by atoms with Gasteiger partial charge in [-0.05, 0) is 47.4 Å². The van der Waals surface area contributed by atoms with Crippen molar-refractivity contribution in [3.63, 3.8) is 0 Å². The molecule has 1 saturated carbocycles. The molecule has 3 N–H and O–H groups in total. The minimum atomic E-state index is -0.844. The summed E-state index contributed by atoms with van der Waals surface area (Å²) in [6.45, 7) is 2.64. The number of amides is 2. The van der Waals surface area contributed by atoms with Crippen molar-refractivity contribution in [2.45, 2.75) is 51.0 Å². The van der Waals surface area contributed by atoms with E-state index in [4.69, 9.17) is 4.74 Å². The molecule has 7 heteroatoms. The van der Waals surface area contributed by atoms with Crippen molar-refractivity contribution in [3.8, 4) is 11.1 Å². The Bertz CT molecular complexity index is 1010. The van der Waals surface area contributed by atoms with Crippen molar-refractivity contribution in [2.24, 2.45) is 11.8 Å². The number of benzene rings is 2. The van der Waals surface area contributed by atoms with Gasteiger partial charge in [-0.15, -0.1) is 0 Å². The Morgan fingerprint density at radius 3 is 2.32 bits per heavy atom. The third-order valence-corrected chi connectivity index (χ3v) is 6.98. The topological polar surface area (TPSA) is 105 Å². The Morgan fingerprint density at radius 2 is 1.68 bits per heavy atom. The molecule has 2 aromatic rings. The molecule has 1 fully saturated rings. The number of hydrogen-bond donors (Lipinski definition) is 3. The summed E-state index contributed by atoms with van der Waals surface area (Å²) >= 11 is 0. The standard InChI is InChI=1S/C27H32N2O5/c1-17(13-14-25(30)29-24-12-6-11-22(24)26(31)32)15-28-27(33)34-16-23-20-9-4-2-7-18(20)19-8-3-5-10-21(19)23/h2-5,7-10,17,22-24H,6,11-16H2,1H3,(H,28,33)(H,29,30)(H,31,32)/t17?,22-,24+/m1/s1. The maximum atomic E-state index is 12.3. The molecule has 1 unspecified atom stereocenters. The predicted molar refractivity (Wildman–Crippen MR) is 128 cm³/mol. The Kier molecular flexibility index (Phi) is 7.50. The average Bonchev–Trinajstić information content (AvgIpc) is 3.43. The van der Waals surface area contributed by atoms with Gasteiger partial charge in [-0.1, -0.05) is 61.9 Å². The minimum absolute atomic E-state index is 0.0180. The maximum Gasteiger partial charge on any atom is 0.407 e. The molecule has 4 rings (SSSR count). The first-order valence-electron chi connectivity index (χ1n) is 12.0. The van der Waals surface area contributed by atoms with Gasteiger partial charge in [0.1, 0.15) is 6.61 Å². The second-order valence-electron chi connectivity index (χ2n) is 9.40. The highest BCUT2D eigenvalue weighted by Crippen LogP contribution is 2.44. The molecule has 0 aliphatic heterocycles. The summed E-state index contributed by atoms with van der Waals surface area (Å²) in [7, 11) is 0. The normalized spacial score (nSPS) is 19.7. The number of nitrogens with one attached hydrogen (secondary N) is 2. The van der Waals surface area contributed by atoms with Gasteiger partial charge in [-0.2, -0.15) is 0 Å². The molecule has 180 valence electrons. The van der Waals surface area contributed by atoms with E-state index in [-0.39, 0.29) is 30.4 Å². The van der Waals surface area contributed by atoms with E-state index in [2.05, 4.69) is 34.9 Å². The van der Waals surface area contributed by atoms with Gasteiger partial charge in [0.25, 0.3) is 0 Å². The van der Waals surface area contributed by atoms with Crippen molar-refractivity contribution in [1.29, 1.82) is 0 Å². The average molecular weight is 465 g/mol. The van der Waals surface area contributed by atoms with Crippen LogP contribution in [-0.2, 0) is 14.3 Å². The summed E-state index contributed by atoms with van der Waals surface area (Å²) in [5.74, 6) is -1.36. The molecule has 0 aromatic heterocycles. The Morgan fingerprint density at radius 1 is 1.03 bits per heavy atom. The molecule has 34 heavy (non-hydrogen) atoms. The summed E-state index contributed by atoms with van der Waals surface area (Å²) in [4.78, 5) is 35.8. The van der Waals surface area contributed by atoms with Crippen LogP contribution in [0.3, 0.4) is 0 Å². The van der Waals surface area contributed by atoms with Gasteiger partial charge in [-0.25, -0.2) is 4.79 Å². The van der Waals surface area contributed by atoms with Gasteiger partial charge in [0.15, 0.2) is 0 Å². The summed E-state index contributed by atoms with van der Waals surface area (Å²) in [5, 5.41) is 14.9. The van der Waals surface area contributed by atoms with Crippen LogP contribution in [0.25, 0.3) is 11.1 Å². The zero-order valence-electron chi connectivity index (χ0n) is 19.5. The molecule has 0 spiro atoms. The van der Waals surface area contributed by atoms with Crippen molar-refractivity contribution in [1.82, 2.24) is 10.6 Å². The SMILES string of the molecule is CC(CCC(=O)N[C@H]1CCC[C@H]1C(=O)O)CNC(=O)OCC1c2ccccc2-c2ccccc21. The molecule has 7 nitrogen and oxygen atoms in total. The molecule has 3 atom stereocenters. The van der Waals surface area contributed by atoms with E-state index in [1.165, 1.54) is 22.3 Å². The Balaban J connectivity index is 1.19. The quantitative estimate of drug-likeness (QED) is 0.513. The number of aliphatic carboxylic acids is 1. The van der Waals surface area contributed by atoms with Gasteiger partial charge in [0, 0.05) is 24.9 Å². The largest absolute Gasteiger partial charge is 0.481 e. The van der Waals surface area contributed by atoms with E-state index in [0.717, 1.165) is 6.42 Å². The van der Waals surface area contributed by atoms with Crippen LogP contribution < -0.4 is 10.6 Å². The van der Waals surface area contributed by atoms with Crippen LogP contribution in [-0.4, -0.2) is 42.3 Å². The van der Waals surface area contributed by atoms with E-state index >= 15 is 0 Å². The summed E-state index contributed by atoms with van der Waals surface area (Å²) in [6, 6.07) is 16.1. The fraction of sp³-hybridized carbons (Fsp3) is 0.444. The van der Waals surface area contributed by atoms with Gasteiger partial charge in [-0.3, -0.25) is 9.59 Å². The lowest BCUT2D eigenvalue weighted by Crippen LogP contribution is -2.40. The zero-order valence-corrected chi connectivity index (χ0v) is 19.5. The fourth-order valence-electron chi connectivity index (χ4n) is 5.09. The lowest BCUT2D eigenvalue weighted by Gasteiger charge is -2.19. The van der Waals surface area contributed by atoms with Crippen LogP contribution in [0.4, 0.5) is 4.79 Å². The highest BCUT2D eigenvalue weighted by molar-refractivity contribution is 5.79. The van der Waals surface area contributed by atoms with Crippen molar-refractivity contribution in [3.05, 3.63) is 59.7 Å². The van der Waals surface area contributed by atoms with Crippen LogP contribution in [0.5, 0.6) is 0 Å². The second-order valence-corrected chi connectivity index (χ2v) is 9.40. The number of ether oxygens (including phenoxy) is 1.